The Hall–Kier alpha value is -3.42. The number of para-hydroxylation sites is 2. The monoisotopic (exact) mass is 525 g/mol. The van der Waals surface area contributed by atoms with Gasteiger partial charge in [-0.05, 0) is 38.6 Å². The molecule has 0 aliphatic carbocycles. The van der Waals surface area contributed by atoms with Crippen molar-refractivity contribution in [1.82, 2.24) is 4.90 Å². The molecule has 1 aromatic carbocycles. The maximum atomic E-state index is 12.1. The largest absolute Gasteiger partial charge is 0.550 e. The highest BCUT2D eigenvalue weighted by Crippen LogP contribution is 2.46. The zero-order chi connectivity index (χ0) is 28.6. The van der Waals surface area contributed by atoms with Crippen molar-refractivity contribution >= 4 is 23.9 Å². The summed E-state index contributed by atoms with van der Waals surface area (Å²) in [6.07, 6.45) is -3.00. The maximum absolute atomic E-state index is 12.1. The minimum Gasteiger partial charge on any atom is -0.550 e. The van der Waals surface area contributed by atoms with Gasteiger partial charge in [0.2, 0.25) is 0 Å². The summed E-state index contributed by atoms with van der Waals surface area (Å²) >= 11 is 0. The fourth-order valence-electron chi connectivity index (χ4n) is 3.90. The standard InChI is InChI=1S/C18H27NO5.C6H8O7/c1-6-18(16(20)21,22-13(4)19(7-2)8-3)17(5)23-14-11-9-10-12-15(14)24-17;7-3(8)1-6(13,5(11)12)2-4(9)10/h9-13H,6-8H2,1-5H3,(H,20,21);13H,1-2H2,(H,7,8)(H,9,10)(H,11,12)/p-4. The fraction of sp³-hybridized carbons (Fsp3) is 0.583. The first-order valence-corrected chi connectivity index (χ1v) is 11.5. The van der Waals surface area contributed by atoms with E-state index in [2.05, 4.69) is 0 Å². The second kappa shape index (κ2) is 12.7. The molecule has 0 radical (unpaired) electrons. The van der Waals surface area contributed by atoms with Crippen molar-refractivity contribution in [3.05, 3.63) is 24.3 Å². The predicted molar refractivity (Wildman–Crippen MR) is 117 cm³/mol. The number of benzene rings is 1. The average molecular weight is 526 g/mol. The van der Waals surface area contributed by atoms with Crippen LogP contribution in [-0.4, -0.2) is 70.2 Å². The van der Waals surface area contributed by atoms with E-state index in [-0.39, 0.29) is 6.42 Å². The lowest BCUT2D eigenvalue weighted by Gasteiger charge is -2.46. The Morgan fingerprint density at radius 1 is 0.946 bits per heavy atom. The summed E-state index contributed by atoms with van der Waals surface area (Å²) in [7, 11) is 0. The van der Waals surface area contributed by atoms with Crippen LogP contribution in [0, 0.1) is 0 Å². The van der Waals surface area contributed by atoms with Crippen LogP contribution in [0.3, 0.4) is 0 Å². The number of aliphatic carboxylic acids is 4. The van der Waals surface area contributed by atoms with E-state index in [9.17, 15) is 39.6 Å². The van der Waals surface area contributed by atoms with Gasteiger partial charge in [0.1, 0.15) is 11.8 Å². The van der Waals surface area contributed by atoms with Crippen LogP contribution in [0.5, 0.6) is 11.5 Å². The lowest BCUT2D eigenvalue weighted by Crippen LogP contribution is -2.69. The molecule has 0 bridgehead atoms. The molecule has 1 aliphatic heterocycles. The van der Waals surface area contributed by atoms with E-state index < -0.39 is 59.9 Å². The molecule has 1 aliphatic rings. The molecule has 2 rings (SSSR count). The number of carbonyl (C=O) groups is 4. The van der Waals surface area contributed by atoms with Crippen LogP contribution in [-0.2, 0) is 23.9 Å². The Balaban J connectivity index is 0.000000448. The Morgan fingerprint density at radius 2 is 1.38 bits per heavy atom. The molecule has 13 heteroatoms. The lowest BCUT2D eigenvalue weighted by molar-refractivity contribution is -0.358. The van der Waals surface area contributed by atoms with Gasteiger partial charge in [0.15, 0.2) is 17.1 Å². The minimum absolute atomic E-state index is 0.144. The number of carboxylic acid groups (broad SMARTS) is 4. The molecule has 0 saturated heterocycles. The summed E-state index contributed by atoms with van der Waals surface area (Å²) in [4.78, 5) is 44.1. The Labute approximate surface area is 214 Å². The van der Waals surface area contributed by atoms with Gasteiger partial charge >= 0.3 is 0 Å². The molecule has 0 amide bonds. The Bertz CT molecular complexity index is 935. The van der Waals surface area contributed by atoms with Gasteiger partial charge < -0.3 is 58.9 Å². The molecular weight excluding hydrogens is 494 g/mol. The van der Waals surface area contributed by atoms with E-state index in [0.717, 1.165) is 13.1 Å². The van der Waals surface area contributed by atoms with Crippen LogP contribution < -0.4 is 29.9 Å². The molecule has 1 aromatic rings. The van der Waals surface area contributed by atoms with Crippen molar-refractivity contribution in [3.63, 3.8) is 0 Å². The van der Waals surface area contributed by atoms with Crippen molar-refractivity contribution < 1.29 is 58.9 Å². The highest BCUT2D eigenvalue weighted by Gasteiger charge is 2.58. The molecule has 0 spiro atoms. The summed E-state index contributed by atoms with van der Waals surface area (Å²) in [5.74, 6) is -7.84. The zero-order valence-electron chi connectivity index (χ0n) is 21.3. The van der Waals surface area contributed by atoms with Gasteiger partial charge in [-0.3, -0.25) is 4.90 Å². The van der Waals surface area contributed by atoms with Crippen LogP contribution in [0.15, 0.2) is 24.3 Å². The molecule has 2 atom stereocenters. The average Bonchev–Trinajstić information content (AvgIpc) is 3.14. The van der Waals surface area contributed by atoms with Crippen LogP contribution >= 0.6 is 0 Å². The first-order valence-electron chi connectivity index (χ1n) is 11.5. The number of hydrogen-bond donors (Lipinski definition) is 1. The summed E-state index contributed by atoms with van der Waals surface area (Å²) in [5, 5.41) is 51.0. The summed E-state index contributed by atoms with van der Waals surface area (Å²) in [6, 6.07) is 7.09. The van der Waals surface area contributed by atoms with Crippen LogP contribution in [0.2, 0.25) is 0 Å². The number of nitrogens with zero attached hydrogens (tertiary/aromatic N) is 1. The van der Waals surface area contributed by atoms with Crippen molar-refractivity contribution in [3.8, 4) is 11.5 Å². The molecule has 13 nitrogen and oxygen atoms in total. The van der Waals surface area contributed by atoms with Gasteiger partial charge in [0, 0.05) is 31.7 Å². The van der Waals surface area contributed by atoms with Crippen molar-refractivity contribution in [2.24, 2.45) is 0 Å². The molecule has 0 aromatic heterocycles. The van der Waals surface area contributed by atoms with Gasteiger partial charge in [0.05, 0.1) is 11.9 Å². The highest BCUT2D eigenvalue weighted by molar-refractivity contribution is 5.86. The van der Waals surface area contributed by atoms with E-state index in [1.54, 1.807) is 38.1 Å². The normalized spacial score (nSPS) is 16.2. The Morgan fingerprint density at radius 3 is 1.68 bits per heavy atom. The first kappa shape index (κ1) is 31.6. The van der Waals surface area contributed by atoms with E-state index in [1.165, 1.54) is 0 Å². The topological polar surface area (TPSA) is 212 Å². The van der Waals surface area contributed by atoms with E-state index in [4.69, 9.17) is 19.3 Å². The molecule has 208 valence electrons. The second-order valence-corrected chi connectivity index (χ2v) is 8.42. The number of carboxylic acids is 4. The van der Waals surface area contributed by atoms with E-state index >= 15 is 0 Å². The van der Waals surface area contributed by atoms with Crippen LogP contribution in [0.25, 0.3) is 0 Å². The molecule has 1 heterocycles. The predicted octanol–water partition coefficient (Wildman–Crippen LogP) is -3.48. The molecule has 37 heavy (non-hydrogen) atoms. The number of ether oxygens (including phenoxy) is 3. The van der Waals surface area contributed by atoms with Gasteiger partial charge in [-0.15, -0.1) is 0 Å². The molecule has 1 N–H and O–H groups in total. The summed E-state index contributed by atoms with van der Waals surface area (Å²) in [6.45, 7) is 10.6. The Kier molecular flexibility index (Phi) is 10.9. The molecule has 0 fully saturated rings. The van der Waals surface area contributed by atoms with Gasteiger partial charge in [-0.1, -0.05) is 32.9 Å². The van der Waals surface area contributed by atoms with Crippen LogP contribution in [0.1, 0.15) is 53.9 Å². The van der Waals surface area contributed by atoms with Gasteiger partial charge in [-0.2, -0.15) is 0 Å². The first-order chi connectivity index (χ1) is 17.1. The van der Waals surface area contributed by atoms with Gasteiger partial charge in [-0.25, -0.2) is 0 Å². The molecular formula is C24H31NO12-4. The minimum atomic E-state index is -2.97. The molecule has 0 saturated carbocycles. The summed E-state index contributed by atoms with van der Waals surface area (Å²) in [5.41, 5.74) is -4.72. The second-order valence-electron chi connectivity index (χ2n) is 8.42. The third-order valence-electron chi connectivity index (χ3n) is 5.97. The number of aliphatic hydroxyl groups is 1. The number of hydrogen-bond acceptors (Lipinski definition) is 13. The SMILES string of the molecule is CCN(CC)C(C)OC(CC)(C(=O)[O-])C1(C)Oc2ccccc2O1.O=C([O-])CC(O)(CC(=O)[O-])C(=O)[O-]. The van der Waals surface area contributed by atoms with Crippen molar-refractivity contribution in [2.45, 2.75) is 77.1 Å². The van der Waals surface area contributed by atoms with E-state index in [1.807, 2.05) is 25.7 Å². The fourth-order valence-corrected chi connectivity index (χ4v) is 3.90. The third kappa shape index (κ3) is 7.31. The van der Waals surface area contributed by atoms with Gasteiger partial charge in [0.25, 0.3) is 5.79 Å². The maximum Gasteiger partial charge on any atom is 0.283 e. The number of carbonyl (C=O) groups excluding carboxylic acids is 4. The zero-order valence-corrected chi connectivity index (χ0v) is 21.3. The number of fused-ring (bicyclic) bond motifs is 1. The highest BCUT2D eigenvalue weighted by atomic mass is 16.8. The quantitative estimate of drug-likeness (QED) is 0.248. The van der Waals surface area contributed by atoms with E-state index in [0.29, 0.717) is 11.5 Å². The van der Waals surface area contributed by atoms with Crippen molar-refractivity contribution in [1.29, 1.82) is 0 Å². The summed E-state index contributed by atoms with van der Waals surface area (Å²) < 4.78 is 17.8. The number of rotatable bonds is 13. The lowest BCUT2D eigenvalue weighted by atomic mass is 9.90. The molecule has 2 unspecified atom stereocenters. The van der Waals surface area contributed by atoms with Crippen LogP contribution in [0.4, 0.5) is 0 Å². The smallest absolute Gasteiger partial charge is 0.283 e. The van der Waals surface area contributed by atoms with Crippen molar-refractivity contribution in [2.75, 3.05) is 13.1 Å². The third-order valence-corrected chi connectivity index (χ3v) is 5.97.